The molecule has 1 aromatic rings. The van der Waals surface area contributed by atoms with E-state index in [4.69, 9.17) is 9.47 Å². The third-order valence-corrected chi connectivity index (χ3v) is 3.47. The number of benzene rings is 1. The number of carbonyl (C=O) groups excluding carboxylic acids is 3. The number of urea groups is 1. The normalized spacial score (nSPS) is 11.3. The number of amides is 3. The highest BCUT2D eigenvalue weighted by Gasteiger charge is 2.22. The number of methoxy groups -OCH3 is 1. The van der Waals surface area contributed by atoms with Gasteiger partial charge in [0.2, 0.25) is 0 Å². The lowest BCUT2D eigenvalue weighted by Crippen LogP contribution is -2.43. The number of thioether (sulfide) groups is 1. The molecule has 1 rings (SSSR count). The lowest BCUT2D eigenvalue weighted by atomic mass is 10.2. The van der Waals surface area contributed by atoms with Gasteiger partial charge >= 0.3 is 12.0 Å². The molecule has 8 heteroatoms. The first-order valence-corrected chi connectivity index (χ1v) is 7.61. The summed E-state index contributed by atoms with van der Waals surface area (Å²) in [6, 6.07) is 4.35. The summed E-state index contributed by atoms with van der Waals surface area (Å²) in [5.74, 6) is -1.06. The van der Waals surface area contributed by atoms with Crippen LogP contribution in [0.1, 0.15) is 17.3 Å². The van der Waals surface area contributed by atoms with Gasteiger partial charge in [0.1, 0.15) is 11.3 Å². The molecule has 7 nitrogen and oxygen atoms in total. The molecule has 1 aromatic carbocycles. The molecule has 0 aliphatic carbocycles. The van der Waals surface area contributed by atoms with E-state index in [-0.39, 0.29) is 5.56 Å². The maximum absolute atomic E-state index is 12.1. The molecule has 0 saturated carbocycles. The molecular weight excluding hydrogens is 308 g/mol. The highest BCUT2D eigenvalue weighted by molar-refractivity contribution is 7.98. The zero-order valence-electron chi connectivity index (χ0n) is 12.8. The van der Waals surface area contributed by atoms with E-state index >= 15 is 0 Å². The summed E-state index contributed by atoms with van der Waals surface area (Å²) in [7, 11) is 2.81. The molecule has 0 aliphatic rings. The molecule has 3 amide bonds. The van der Waals surface area contributed by atoms with Crippen LogP contribution >= 0.6 is 11.8 Å². The van der Waals surface area contributed by atoms with Crippen molar-refractivity contribution in [2.45, 2.75) is 17.9 Å². The van der Waals surface area contributed by atoms with Crippen LogP contribution in [0, 0.1) is 0 Å². The molecular formula is C14H18N2O5S. The van der Waals surface area contributed by atoms with E-state index in [9.17, 15) is 14.4 Å². The summed E-state index contributed by atoms with van der Waals surface area (Å²) in [5.41, 5.74) is 0.208. The molecule has 120 valence electrons. The summed E-state index contributed by atoms with van der Waals surface area (Å²) in [6.45, 7) is 1.37. The van der Waals surface area contributed by atoms with Crippen molar-refractivity contribution in [2.75, 3.05) is 20.4 Å². The molecule has 0 aliphatic heterocycles. The van der Waals surface area contributed by atoms with E-state index in [1.807, 2.05) is 11.6 Å². The van der Waals surface area contributed by atoms with Crippen LogP contribution in [-0.4, -0.2) is 44.4 Å². The van der Waals surface area contributed by atoms with Crippen molar-refractivity contribution in [1.82, 2.24) is 10.6 Å². The minimum absolute atomic E-state index is 0.208. The Hall–Kier alpha value is -2.22. The molecule has 2 N–H and O–H groups in total. The Kier molecular flexibility index (Phi) is 6.71. The summed E-state index contributed by atoms with van der Waals surface area (Å²) in [6.07, 6.45) is 0.785. The van der Waals surface area contributed by atoms with Crippen LogP contribution in [0.25, 0.3) is 0 Å². The Bertz CT molecular complexity index is 576. The van der Waals surface area contributed by atoms with Gasteiger partial charge in [-0.05, 0) is 31.4 Å². The Balaban J connectivity index is 2.80. The van der Waals surface area contributed by atoms with E-state index in [0.29, 0.717) is 5.75 Å². The van der Waals surface area contributed by atoms with E-state index in [1.165, 1.54) is 32.8 Å². The van der Waals surface area contributed by atoms with Crippen LogP contribution in [-0.2, 0) is 9.53 Å². The molecule has 0 spiro atoms. The van der Waals surface area contributed by atoms with E-state index in [2.05, 4.69) is 5.32 Å². The van der Waals surface area contributed by atoms with E-state index in [1.54, 1.807) is 18.2 Å². The maximum Gasteiger partial charge on any atom is 0.342 e. The molecule has 0 aromatic heterocycles. The average molecular weight is 326 g/mol. The van der Waals surface area contributed by atoms with Gasteiger partial charge in [0.15, 0.2) is 6.10 Å². The molecule has 0 heterocycles. The summed E-state index contributed by atoms with van der Waals surface area (Å²) >= 11 is 1.51. The van der Waals surface area contributed by atoms with Gasteiger partial charge < -0.3 is 14.8 Å². The number of ether oxygens (including phenoxy) is 2. The summed E-state index contributed by atoms with van der Waals surface area (Å²) < 4.78 is 10.2. The second-order valence-corrected chi connectivity index (χ2v) is 5.06. The second-order valence-electron chi connectivity index (χ2n) is 4.18. The molecule has 0 bridgehead atoms. The van der Waals surface area contributed by atoms with Crippen molar-refractivity contribution in [1.29, 1.82) is 0 Å². The van der Waals surface area contributed by atoms with Crippen molar-refractivity contribution in [2.24, 2.45) is 0 Å². The summed E-state index contributed by atoms with van der Waals surface area (Å²) in [5, 5.41) is 4.27. The number of esters is 1. The first-order valence-electron chi connectivity index (χ1n) is 6.38. The number of hydrogen-bond acceptors (Lipinski definition) is 6. The molecule has 0 fully saturated rings. The zero-order valence-corrected chi connectivity index (χ0v) is 13.6. The van der Waals surface area contributed by atoms with Crippen LogP contribution in [0.3, 0.4) is 0 Å². The van der Waals surface area contributed by atoms with Crippen LogP contribution in [0.5, 0.6) is 5.75 Å². The Morgan fingerprint density at radius 2 is 1.95 bits per heavy atom. The second kappa shape index (κ2) is 8.28. The minimum Gasteiger partial charge on any atom is -0.496 e. The van der Waals surface area contributed by atoms with Crippen molar-refractivity contribution < 1.29 is 23.9 Å². The van der Waals surface area contributed by atoms with Gasteiger partial charge in [-0.2, -0.15) is 0 Å². The van der Waals surface area contributed by atoms with Crippen molar-refractivity contribution in [3.63, 3.8) is 0 Å². The Morgan fingerprint density at radius 3 is 2.50 bits per heavy atom. The third kappa shape index (κ3) is 4.66. The first kappa shape index (κ1) is 17.8. The topological polar surface area (TPSA) is 93.7 Å². The highest BCUT2D eigenvalue weighted by atomic mass is 32.2. The maximum atomic E-state index is 12.1. The fourth-order valence-corrected chi connectivity index (χ4v) is 1.95. The Morgan fingerprint density at radius 1 is 1.27 bits per heavy atom. The fraction of sp³-hybridized carbons (Fsp3) is 0.357. The number of rotatable bonds is 5. The zero-order chi connectivity index (χ0) is 16.7. The van der Waals surface area contributed by atoms with Crippen LogP contribution in [0.4, 0.5) is 4.79 Å². The molecule has 1 atom stereocenters. The monoisotopic (exact) mass is 326 g/mol. The standard InChI is InChI=1S/C14H18N2O5S/c1-8(12(17)16-14(19)15-2)21-13(18)10-6-5-9(22-4)7-11(10)20-3/h5-8H,1-4H3,(H2,15,16,17,19)/t8-/m0/s1. The van der Waals surface area contributed by atoms with Gasteiger partial charge in [0.25, 0.3) is 5.91 Å². The van der Waals surface area contributed by atoms with Gasteiger partial charge in [-0.15, -0.1) is 11.8 Å². The average Bonchev–Trinajstić information content (AvgIpc) is 2.53. The van der Waals surface area contributed by atoms with Crippen molar-refractivity contribution in [3.8, 4) is 5.75 Å². The van der Waals surface area contributed by atoms with Gasteiger partial charge in [-0.25, -0.2) is 9.59 Å². The van der Waals surface area contributed by atoms with Gasteiger partial charge in [0, 0.05) is 11.9 Å². The number of nitrogens with one attached hydrogen (secondary N) is 2. The van der Waals surface area contributed by atoms with Crippen LogP contribution in [0.15, 0.2) is 23.1 Å². The molecule has 0 saturated heterocycles. The lowest BCUT2D eigenvalue weighted by Gasteiger charge is -2.14. The van der Waals surface area contributed by atoms with E-state index < -0.39 is 24.0 Å². The fourth-order valence-electron chi connectivity index (χ4n) is 1.52. The minimum atomic E-state index is -1.12. The predicted molar refractivity (Wildman–Crippen MR) is 82.3 cm³/mol. The number of hydrogen-bond donors (Lipinski definition) is 2. The van der Waals surface area contributed by atoms with Crippen molar-refractivity contribution in [3.05, 3.63) is 23.8 Å². The van der Waals surface area contributed by atoms with Crippen molar-refractivity contribution >= 4 is 29.7 Å². The molecule has 0 unspecified atom stereocenters. The highest BCUT2D eigenvalue weighted by Crippen LogP contribution is 2.26. The van der Waals surface area contributed by atoms with Crippen LogP contribution < -0.4 is 15.4 Å². The smallest absolute Gasteiger partial charge is 0.342 e. The first-order chi connectivity index (χ1) is 10.4. The van der Waals surface area contributed by atoms with Gasteiger partial charge in [-0.1, -0.05) is 0 Å². The number of imide groups is 1. The predicted octanol–water partition coefficient (Wildman–Crippen LogP) is 1.42. The largest absolute Gasteiger partial charge is 0.496 e. The van der Waals surface area contributed by atoms with Gasteiger partial charge in [0.05, 0.1) is 7.11 Å². The van der Waals surface area contributed by atoms with Crippen LogP contribution in [0.2, 0.25) is 0 Å². The third-order valence-electron chi connectivity index (χ3n) is 2.75. The van der Waals surface area contributed by atoms with E-state index in [0.717, 1.165) is 4.90 Å². The summed E-state index contributed by atoms with van der Waals surface area (Å²) in [4.78, 5) is 35.7. The molecule has 22 heavy (non-hydrogen) atoms. The number of carbonyl (C=O) groups is 3. The Labute approximate surface area is 132 Å². The van der Waals surface area contributed by atoms with Gasteiger partial charge in [-0.3, -0.25) is 10.1 Å². The molecule has 0 radical (unpaired) electrons. The quantitative estimate of drug-likeness (QED) is 0.628. The lowest BCUT2D eigenvalue weighted by molar-refractivity contribution is -0.127. The SMILES string of the molecule is CNC(=O)NC(=O)[C@H](C)OC(=O)c1ccc(SC)cc1OC.